The molecule has 3 rings (SSSR count). The van der Waals surface area contributed by atoms with Crippen LogP contribution in [0.2, 0.25) is 0 Å². The van der Waals surface area contributed by atoms with Crippen LogP contribution in [0.15, 0.2) is 81.6 Å². The number of carbonyl (C=O) groups is 2. The molecule has 3 aromatic carbocycles. The number of hydrogen-bond donors (Lipinski definition) is 3. The van der Waals surface area contributed by atoms with Gasteiger partial charge in [0.25, 0.3) is 11.6 Å². The maximum atomic E-state index is 12.2. The number of benzene rings is 3. The highest BCUT2D eigenvalue weighted by molar-refractivity contribution is 7.99. The molecule has 162 valence electrons. The molecule has 0 spiro atoms. The Balaban J connectivity index is 1.88. The van der Waals surface area contributed by atoms with E-state index in [2.05, 4.69) is 15.8 Å². The molecule has 0 aliphatic heterocycles. The number of anilines is 1. The molecule has 0 aromatic heterocycles. The number of hydrazone groups is 1. The Morgan fingerprint density at radius 3 is 2.50 bits per heavy atom. The lowest BCUT2D eigenvalue weighted by molar-refractivity contribution is -0.384. The summed E-state index contributed by atoms with van der Waals surface area (Å²) in [5, 5.41) is 27.6. The van der Waals surface area contributed by atoms with Crippen molar-refractivity contribution in [1.29, 1.82) is 0 Å². The third kappa shape index (κ3) is 5.70. The second kappa shape index (κ2) is 10.2. The van der Waals surface area contributed by atoms with E-state index in [0.717, 1.165) is 4.90 Å². The third-order valence-electron chi connectivity index (χ3n) is 4.14. The van der Waals surface area contributed by atoms with Crippen LogP contribution in [0.5, 0.6) is 5.75 Å². The number of hydrogen-bond acceptors (Lipinski definition) is 7. The maximum absolute atomic E-state index is 12.2. The molecular weight excluding hydrogens is 432 g/mol. The number of aromatic hydroxyl groups is 1. The number of phenolic OH excluding ortho intramolecular Hbond substituents is 1. The number of non-ortho nitro benzene ring substituents is 1. The molecular formula is C22H18N4O5S. The number of para-hydroxylation sites is 2. The number of nitrogens with one attached hydrogen (secondary N) is 2. The van der Waals surface area contributed by atoms with Crippen molar-refractivity contribution >= 4 is 41.2 Å². The fourth-order valence-electron chi connectivity index (χ4n) is 2.70. The van der Waals surface area contributed by atoms with E-state index in [1.165, 1.54) is 49.2 Å². The first kappa shape index (κ1) is 22.5. The van der Waals surface area contributed by atoms with Crippen LogP contribution in [-0.4, -0.2) is 28.1 Å². The summed E-state index contributed by atoms with van der Waals surface area (Å²) in [5.74, 6) is -1.05. The van der Waals surface area contributed by atoms with Gasteiger partial charge < -0.3 is 10.4 Å². The minimum atomic E-state index is -0.630. The molecule has 32 heavy (non-hydrogen) atoms. The molecule has 0 radical (unpaired) electrons. The van der Waals surface area contributed by atoms with Gasteiger partial charge in [0.05, 0.1) is 22.4 Å². The smallest absolute Gasteiger partial charge is 0.275 e. The summed E-state index contributed by atoms with van der Waals surface area (Å²) < 4.78 is 0. The van der Waals surface area contributed by atoms with E-state index in [1.807, 2.05) is 0 Å². The predicted molar refractivity (Wildman–Crippen MR) is 121 cm³/mol. The lowest BCUT2D eigenvalue weighted by Crippen LogP contribution is -2.17. The fourth-order valence-corrected chi connectivity index (χ4v) is 3.67. The summed E-state index contributed by atoms with van der Waals surface area (Å²) in [5.41, 5.74) is 3.19. The molecule has 0 saturated carbocycles. The van der Waals surface area contributed by atoms with Gasteiger partial charge in [-0.25, -0.2) is 5.43 Å². The molecule has 2 amide bonds. The van der Waals surface area contributed by atoms with Crippen LogP contribution in [-0.2, 0) is 4.79 Å². The predicted octanol–water partition coefficient (Wildman–Crippen LogP) is 4.17. The van der Waals surface area contributed by atoms with Crippen molar-refractivity contribution < 1.29 is 19.6 Å². The van der Waals surface area contributed by atoms with E-state index in [0.29, 0.717) is 16.1 Å². The Morgan fingerprint density at radius 2 is 1.78 bits per heavy atom. The van der Waals surface area contributed by atoms with Crippen LogP contribution < -0.4 is 10.7 Å². The number of amides is 2. The second-order valence-electron chi connectivity index (χ2n) is 6.47. The molecule has 0 aliphatic rings. The Bertz CT molecular complexity index is 1210. The Hall–Kier alpha value is -4.18. The zero-order valence-electron chi connectivity index (χ0n) is 16.8. The van der Waals surface area contributed by atoms with Crippen molar-refractivity contribution in [2.24, 2.45) is 5.10 Å². The van der Waals surface area contributed by atoms with Crippen molar-refractivity contribution in [1.82, 2.24) is 5.43 Å². The van der Waals surface area contributed by atoms with Crippen molar-refractivity contribution in [2.45, 2.75) is 16.7 Å². The molecule has 3 aromatic rings. The van der Waals surface area contributed by atoms with Gasteiger partial charge >= 0.3 is 0 Å². The molecule has 3 N–H and O–H groups in total. The van der Waals surface area contributed by atoms with Crippen LogP contribution in [0.3, 0.4) is 0 Å². The largest absolute Gasteiger partial charge is 0.507 e. The summed E-state index contributed by atoms with van der Waals surface area (Å²) in [4.78, 5) is 35.7. The lowest BCUT2D eigenvalue weighted by Gasteiger charge is -2.11. The molecule has 0 unspecified atom stereocenters. The number of nitrogens with zero attached hydrogens (tertiary/aromatic N) is 2. The molecule has 10 heteroatoms. The molecule has 0 saturated heterocycles. The summed E-state index contributed by atoms with van der Waals surface area (Å²) >= 11 is 1.28. The minimum absolute atomic E-state index is 0.0440. The van der Waals surface area contributed by atoms with E-state index in [-0.39, 0.29) is 22.9 Å². The van der Waals surface area contributed by atoms with Gasteiger partial charge in [0.1, 0.15) is 5.75 Å². The zero-order valence-corrected chi connectivity index (χ0v) is 17.6. The third-order valence-corrected chi connectivity index (χ3v) is 5.31. The number of phenols is 1. The normalized spacial score (nSPS) is 10.7. The van der Waals surface area contributed by atoms with Gasteiger partial charge in [-0.3, -0.25) is 19.7 Å². The van der Waals surface area contributed by atoms with E-state index < -0.39 is 10.8 Å². The van der Waals surface area contributed by atoms with Gasteiger partial charge in [-0.05, 0) is 30.3 Å². The Morgan fingerprint density at radius 1 is 1.06 bits per heavy atom. The highest BCUT2D eigenvalue weighted by Crippen LogP contribution is 2.36. The minimum Gasteiger partial charge on any atom is -0.507 e. The molecule has 0 bridgehead atoms. The number of carbonyl (C=O) groups excluding carboxylic acids is 2. The van der Waals surface area contributed by atoms with Crippen molar-refractivity contribution in [3.05, 3.63) is 88.0 Å². The highest BCUT2D eigenvalue weighted by Gasteiger charge is 2.14. The van der Waals surface area contributed by atoms with Gasteiger partial charge in [0.15, 0.2) is 0 Å². The van der Waals surface area contributed by atoms with E-state index in [1.54, 1.807) is 42.5 Å². The second-order valence-corrected chi connectivity index (χ2v) is 7.56. The van der Waals surface area contributed by atoms with Crippen LogP contribution in [0.4, 0.5) is 11.4 Å². The summed E-state index contributed by atoms with van der Waals surface area (Å²) in [6.07, 6.45) is 1.29. The van der Waals surface area contributed by atoms with Gasteiger partial charge in [-0.2, -0.15) is 5.10 Å². The van der Waals surface area contributed by atoms with Crippen molar-refractivity contribution in [3.8, 4) is 5.75 Å². The van der Waals surface area contributed by atoms with Gasteiger partial charge in [0, 0.05) is 34.4 Å². The van der Waals surface area contributed by atoms with Crippen molar-refractivity contribution in [3.63, 3.8) is 0 Å². The first-order chi connectivity index (χ1) is 15.3. The maximum Gasteiger partial charge on any atom is 0.275 e. The number of nitro groups is 1. The topological polar surface area (TPSA) is 134 Å². The van der Waals surface area contributed by atoms with Gasteiger partial charge in [-0.1, -0.05) is 36.0 Å². The first-order valence-electron chi connectivity index (χ1n) is 9.29. The van der Waals surface area contributed by atoms with Crippen molar-refractivity contribution in [2.75, 3.05) is 5.32 Å². The van der Waals surface area contributed by atoms with Gasteiger partial charge in [0.2, 0.25) is 5.91 Å². The highest BCUT2D eigenvalue weighted by atomic mass is 32.2. The summed E-state index contributed by atoms with van der Waals surface area (Å²) in [6, 6.07) is 17.4. The summed E-state index contributed by atoms with van der Waals surface area (Å²) in [6.45, 7) is 1.40. The average Bonchev–Trinajstić information content (AvgIpc) is 2.75. The number of rotatable bonds is 7. The van der Waals surface area contributed by atoms with Gasteiger partial charge in [-0.15, -0.1) is 0 Å². The quantitative estimate of drug-likeness (QED) is 0.281. The average molecular weight is 450 g/mol. The SMILES string of the molecule is CC(=O)Nc1ccccc1Sc1ccc([N+](=O)[O-])cc1/C=N/NC(=O)c1ccccc1O. The van der Waals surface area contributed by atoms with Crippen LogP contribution in [0, 0.1) is 10.1 Å². The molecule has 0 fully saturated rings. The van der Waals surface area contributed by atoms with Crippen LogP contribution in [0.1, 0.15) is 22.8 Å². The summed E-state index contributed by atoms with van der Waals surface area (Å²) in [7, 11) is 0. The fraction of sp³-hybridized carbons (Fsp3) is 0.0455. The number of nitro benzene ring substituents is 1. The lowest BCUT2D eigenvalue weighted by atomic mass is 10.2. The van der Waals surface area contributed by atoms with E-state index in [9.17, 15) is 24.8 Å². The van der Waals surface area contributed by atoms with E-state index in [4.69, 9.17) is 0 Å². The molecule has 0 atom stereocenters. The first-order valence-corrected chi connectivity index (χ1v) is 10.1. The van der Waals surface area contributed by atoms with Crippen LogP contribution in [0.25, 0.3) is 0 Å². The Kier molecular flexibility index (Phi) is 7.19. The molecule has 0 aliphatic carbocycles. The van der Waals surface area contributed by atoms with Crippen LogP contribution >= 0.6 is 11.8 Å². The molecule has 0 heterocycles. The molecule has 9 nitrogen and oxygen atoms in total. The van der Waals surface area contributed by atoms with E-state index >= 15 is 0 Å². The standard InChI is InChI=1S/C22H18N4O5S/c1-14(27)24-18-7-3-5-9-21(18)32-20-11-10-16(26(30)31)12-15(20)13-23-25-22(29)17-6-2-4-8-19(17)28/h2-13,28H,1H3,(H,24,27)(H,25,29)/b23-13+. The Labute approximate surface area is 187 Å². The monoisotopic (exact) mass is 450 g/mol. The zero-order chi connectivity index (χ0) is 23.1.